The van der Waals surface area contributed by atoms with E-state index in [9.17, 15) is 8.42 Å². The number of aromatic nitrogens is 2. The van der Waals surface area contributed by atoms with E-state index in [4.69, 9.17) is 0 Å². The summed E-state index contributed by atoms with van der Waals surface area (Å²) in [6.07, 6.45) is 7.08. The van der Waals surface area contributed by atoms with Crippen molar-refractivity contribution in [3.8, 4) is 0 Å². The second kappa shape index (κ2) is 9.70. The van der Waals surface area contributed by atoms with Gasteiger partial charge in [-0.1, -0.05) is 18.6 Å². The van der Waals surface area contributed by atoms with Crippen LogP contribution >= 0.6 is 0 Å². The monoisotopic (exact) mass is 468 g/mol. The molecule has 2 saturated heterocycles. The van der Waals surface area contributed by atoms with Crippen LogP contribution in [0, 0.1) is 0 Å². The molecule has 3 heterocycles. The Morgan fingerprint density at radius 3 is 2.76 bits per heavy atom. The van der Waals surface area contributed by atoms with Crippen LogP contribution in [0.1, 0.15) is 37.7 Å². The van der Waals surface area contributed by atoms with Gasteiger partial charge in [-0.3, -0.25) is 14.7 Å². The standard InChI is InChI=1S/C24H32N6O2S/c31-33(32,30-12-2-1-3-13-30)28-22-7-4-6-19(14-22)17-29-11-5-8-23(18-29)26-21-9-10-24-20(15-21)16-25-27-24/h4,6-7,9-10,14-16,23,26,28H,1-3,5,8,11-13,17-18H2,(H,25,27). The van der Waals surface area contributed by atoms with Crippen molar-refractivity contribution in [2.75, 3.05) is 36.2 Å². The zero-order chi connectivity index (χ0) is 22.7. The number of nitrogens with one attached hydrogen (secondary N) is 3. The third kappa shape index (κ3) is 5.48. The molecule has 5 rings (SSSR count). The van der Waals surface area contributed by atoms with Crippen molar-refractivity contribution in [2.45, 2.75) is 44.7 Å². The topological polar surface area (TPSA) is 93.4 Å². The van der Waals surface area contributed by atoms with Crippen LogP contribution in [-0.4, -0.2) is 60.0 Å². The lowest BCUT2D eigenvalue weighted by atomic mass is 10.0. The average Bonchev–Trinajstić information content (AvgIpc) is 3.28. The van der Waals surface area contributed by atoms with Crippen LogP contribution < -0.4 is 10.0 Å². The minimum Gasteiger partial charge on any atom is -0.381 e. The van der Waals surface area contributed by atoms with Crippen LogP contribution in [0.2, 0.25) is 0 Å². The first-order chi connectivity index (χ1) is 16.0. The summed E-state index contributed by atoms with van der Waals surface area (Å²) < 4.78 is 29.8. The highest BCUT2D eigenvalue weighted by Gasteiger charge is 2.24. The summed E-state index contributed by atoms with van der Waals surface area (Å²) in [5, 5.41) is 11.9. The molecule has 3 aromatic rings. The first-order valence-corrected chi connectivity index (χ1v) is 13.3. The Labute approximate surface area is 195 Å². The first-order valence-electron chi connectivity index (χ1n) is 11.8. The molecular weight excluding hydrogens is 436 g/mol. The van der Waals surface area contributed by atoms with Gasteiger partial charge < -0.3 is 5.32 Å². The molecule has 0 aliphatic carbocycles. The van der Waals surface area contributed by atoms with E-state index in [1.807, 2.05) is 24.4 Å². The highest BCUT2D eigenvalue weighted by atomic mass is 32.2. The molecule has 1 aromatic heterocycles. The van der Waals surface area contributed by atoms with E-state index in [2.05, 4.69) is 49.4 Å². The summed E-state index contributed by atoms with van der Waals surface area (Å²) >= 11 is 0. The van der Waals surface area contributed by atoms with E-state index >= 15 is 0 Å². The van der Waals surface area contributed by atoms with Gasteiger partial charge in [0, 0.05) is 43.3 Å². The zero-order valence-electron chi connectivity index (χ0n) is 18.8. The fraction of sp³-hybridized carbons (Fsp3) is 0.458. The number of H-pyrrole nitrogens is 1. The molecule has 1 unspecified atom stereocenters. The minimum atomic E-state index is -3.49. The van der Waals surface area contributed by atoms with Crippen molar-refractivity contribution in [3.05, 3.63) is 54.2 Å². The average molecular weight is 469 g/mol. The highest BCUT2D eigenvalue weighted by Crippen LogP contribution is 2.23. The maximum absolute atomic E-state index is 12.7. The smallest absolute Gasteiger partial charge is 0.301 e. The maximum Gasteiger partial charge on any atom is 0.301 e. The van der Waals surface area contributed by atoms with E-state index < -0.39 is 10.2 Å². The summed E-state index contributed by atoms with van der Waals surface area (Å²) in [7, 11) is -3.49. The molecular formula is C24H32N6O2S. The van der Waals surface area contributed by atoms with Gasteiger partial charge in [0.05, 0.1) is 17.4 Å². The Kier molecular flexibility index (Phi) is 6.52. The third-order valence-corrected chi connectivity index (χ3v) is 8.09. The lowest BCUT2D eigenvalue weighted by Crippen LogP contribution is -2.41. The molecule has 9 heteroatoms. The maximum atomic E-state index is 12.7. The molecule has 2 aromatic carbocycles. The minimum absolute atomic E-state index is 0.379. The lowest BCUT2D eigenvalue weighted by molar-refractivity contribution is 0.208. The third-order valence-electron chi connectivity index (χ3n) is 6.55. The molecule has 3 N–H and O–H groups in total. The number of hydrogen-bond donors (Lipinski definition) is 3. The highest BCUT2D eigenvalue weighted by molar-refractivity contribution is 7.90. The number of rotatable bonds is 7. The van der Waals surface area contributed by atoms with Gasteiger partial charge in [-0.15, -0.1) is 0 Å². The van der Waals surface area contributed by atoms with Crippen molar-refractivity contribution in [1.29, 1.82) is 0 Å². The quantitative estimate of drug-likeness (QED) is 0.491. The Balaban J connectivity index is 1.20. The van der Waals surface area contributed by atoms with E-state index in [1.54, 1.807) is 4.31 Å². The second-order valence-corrected chi connectivity index (χ2v) is 10.8. The largest absolute Gasteiger partial charge is 0.381 e. The number of piperidine rings is 2. The molecule has 0 spiro atoms. The van der Waals surface area contributed by atoms with E-state index in [0.29, 0.717) is 24.8 Å². The molecule has 0 saturated carbocycles. The first kappa shape index (κ1) is 22.2. The van der Waals surface area contributed by atoms with Gasteiger partial charge >= 0.3 is 10.2 Å². The molecule has 0 bridgehead atoms. The number of nitrogens with zero attached hydrogens (tertiary/aromatic N) is 3. The van der Waals surface area contributed by atoms with Crippen molar-refractivity contribution in [2.24, 2.45) is 0 Å². The van der Waals surface area contributed by atoms with Crippen LogP contribution in [-0.2, 0) is 16.8 Å². The van der Waals surface area contributed by atoms with Crippen molar-refractivity contribution < 1.29 is 8.42 Å². The molecule has 2 fully saturated rings. The van der Waals surface area contributed by atoms with Gasteiger partial charge in [0.2, 0.25) is 0 Å². The van der Waals surface area contributed by atoms with E-state index in [1.165, 1.54) is 0 Å². The zero-order valence-corrected chi connectivity index (χ0v) is 19.7. The van der Waals surface area contributed by atoms with E-state index in [-0.39, 0.29) is 0 Å². The summed E-state index contributed by atoms with van der Waals surface area (Å²) in [5.74, 6) is 0. The summed E-state index contributed by atoms with van der Waals surface area (Å²) in [5.41, 5.74) is 3.92. The van der Waals surface area contributed by atoms with Crippen LogP contribution in [0.5, 0.6) is 0 Å². The van der Waals surface area contributed by atoms with Gasteiger partial charge in [0.1, 0.15) is 0 Å². The van der Waals surface area contributed by atoms with Crippen molar-refractivity contribution >= 4 is 32.5 Å². The number of hydrogen-bond acceptors (Lipinski definition) is 5. The van der Waals surface area contributed by atoms with Gasteiger partial charge in [-0.25, -0.2) is 0 Å². The fourth-order valence-electron chi connectivity index (χ4n) is 4.90. The molecule has 33 heavy (non-hydrogen) atoms. The number of anilines is 2. The summed E-state index contributed by atoms with van der Waals surface area (Å²) in [4.78, 5) is 2.44. The molecule has 2 aliphatic rings. The second-order valence-electron chi connectivity index (χ2n) is 9.16. The Hall–Kier alpha value is -2.62. The number of aromatic amines is 1. The molecule has 2 aliphatic heterocycles. The van der Waals surface area contributed by atoms with Gasteiger partial charge in [-0.2, -0.15) is 17.8 Å². The Morgan fingerprint density at radius 1 is 1.00 bits per heavy atom. The van der Waals surface area contributed by atoms with Crippen LogP contribution in [0.15, 0.2) is 48.7 Å². The van der Waals surface area contributed by atoms with E-state index in [0.717, 1.165) is 73.9 Å². The van der Waals surface area contributed by atoms with Crippen LogP contribution in [0.4, 0.5) is 11.4 Å². The van der Waals surface area contributed by atoms with Crippen LogP contribution in [0.3, 0.4) is 0 Å². The SMILES string of the molecule is O=S(=O)(Nc1cccc(CN2CCCC(Nc3ccc4[nH]ncc4c3)C2)c1)N1CCCCC1. The predicted octanol–water partition coefficient (Wildman–Crippen LogP) is 3.78. The molecule has 1 atom stereocenters. The van der Waals surface area contributed by atoms with Crippen molar-refractivity contribution in [3.63, 3.8) is 0 Å². The van der Waals surface area contributed by atoms with Gasteiger partial charge in [0.25, 0.3) is 0 Å². The molecule has 176 valence electrons. The Morgan fingerprint density at radius 2 is 1.88 bits per heavy atom. The molecule has 0 radical (unpaired) electrons. The molecule has 0 amide bonds. The van der Waals surface area contributed by atoms with Gasteiger partial charge in [-0.05, 0) is 68.1 Å². The number of likely N-dealkylation sites (tertiary alicyclic amines) is 1. The summed E-state index contributed by atoms with van der Waals surface area (Å²) in [6, 6.07) is 14.5. The molecule has 8 nitrogen and oxygen atoms in total. The summed E-state index contributed by atoms with van der Waals surface area (Å²) in [6.45, 7) is 4.00. The van der Waals surface area contributed by atoms with Gasteiger partial charge in [0.15, 0.2) is 0 Å². The number of fused-ring (bicyclic) bond motifs is 1. The fourth-order valence-corrected chi connectivity index (χ4v) is 6.19. The Bertz CT molecular complexity index is 1190. The predicted molar refractivity (Wildman–Crippen MR) is 132 cm³/mol. The van der Waals surface area contributed by atoms with Crippen LogP contribution in [0.25, 0.3) is 10.9 Å². The number of benzene rings is 2. The van der Waals surface area contributed by atoms with Crippen molar-refractivity contribution in [1.82, 2.24) is 19.4 Å². The lowest BCUT2D eigenvalue weighted by Gasteiger charge is -2.33. The normalized spacial score (nSPS) is 20.7.